The quantitative estimate of drug-likeness (QED) is 0.689. The maximum absolute atomic E-state index is 5.67. The Kier molecular flexibility index (Phi) is 4.63. The molecule has 0 fully saturated rings. The van der Waals surface area contributed by atoms with Crippen LogP contribution >= 0.6 is 0 Å². The Labute approximate surface area is 106 Å². The molecule has 0 unspecified atom stereocenters. The fraction of sp³-hybridized carbons (Fsp3) is 0.500. The predicted molar refractivity (Wildman–Crippen MR) is 76.3 cm³/mol. The summed E-state index contributed by atoms with van der Waals surface area (Å²) in [6.07, 6.45) is 8.02. The van der Waals surface area contributed by atoms with Gasteiger partial charge in [-0.2, -0.15) is 0 Å². The van der Waals surface area contributed by atoms with Gasteiger partial charge in [-0.15, -0.1) is 6.42 Å². The van der Waals surface area contributed by atoms with E-state index in [0.717, 1.165) is 6.54 Å². The van der Waals surface area contributed by atoms with Crippen LogP contribution in [0.3, 0.4) is 0 Å². The summed E-state index contributed by atoms with van der Waals surface area (Å²) in [6.45, 7) is 9.57. The molecule has 0 aliphatic carbocycles. The van der Waals surface area contributed by atoms with Gasteiger partial charge in [-0.25, -0.2) is 0 Å². The second-order valence-electron chi connectivity index (χ2n) is 5.00. The number of rotatable bonds is 5. The number of aryl methyl sites for hydroxylation is 1. The highest BCUT2D eigenvalue weighted by atomic mass is 15.2. The SMILES string of the molecule is C#CC(C)(C)N(CCCC)c1ccccc1C. The van der Waals surface area contributed by atoms with Crippen molar-refractivity contribution in [1.82, 2.24) is 0 Å². The van der Waals surface area contributed by atoms with Crippen molar-refractivity contribution in [3.05, 3.63) is 29.8 Å². The normalized spacial score (nSPS) is 11.0. The molecule has 1 aromatic carbocycles. The minimum Gasteiger partial charge on any atom is -0.355 e. The second-order valence-corrected chi connectivity index (χ2v) is 5.00. The third-order valence-electron chi connectivity index (χ3n) is 3.17. The van der Waals surface area contributed by atoms with E-state index in [1.54, 1.807) is 0 Å². The molecule has 0 spiro atoms. The average Bonchev–Trinajstić information content (AvgIpc) is 2.31. The maximum Gasteiger partial charge on any atom is 0.0953 e. The Morgan fingerprint density at radius 2 is 1.94 bits per heavy atom. The number of para-hydroxylation sites is 1. The number of hydrogen-bond acceptors (Lipinski definition) is 1. The first-order valence-corrected chi connectivity index (χ1v) is 6.34. The molecule has 0 aliphatic heterocycles. The first-order valence-electron chi connectivity index (χ1n) is 6.34. The zero-order valence-corrected chi connectivity index (χ0v) is 11.5. The standard InChI is InChI=1S/C16H23N/c1-6-8-13-17(16(4,5)7-2)15-12-10-9-11-14(15)3/h2,9-12H,6,8,13H2,1,3-5H3. The van der Waals surface area contributed by atoms with Crippen LogP contribution in [0.5, 0.6) is 0 Å². The van der Waals surface area contributed by atoms with E-state index in [4.69, 9.17) is 6.42 Å². The summed E-state index contributed by atoms with van der Waals surface area (Å²) >= 11 is 0. The zero-order valence-electron chi connectivity index (χ0n) is 11.5. The highest BCUT2D eigenvalue weighted by molar-refractivity contribution is 5.56. The van der Waals surface area contributed by atoms with Gasteiger partial charge in [-0.1, -0.05) is 37.5 Å². The summed E-state index contributed by atoms with van der Waals surface area (Å²) in [5.41, 5.74) is 2.30. The first kappa shape index (κ1) is 13.6. The van der Waals surface area contributed by atoms with Crippen LogP contribution in [-0.4, -0.2) is 12.1 Å². The third kappa shape index (κ3) is 3.27. The third-order valence-corrected chi connectivity index (χ3v) is 3.17. The fourth-order valence-electron chi connectivity index (χ4n) is 1.96. The Morgan fingerprint density at radius 3 is 2.47 bits per heavy atom. The molecule has 0 N–H and O–H groups in total. The van der Waals surface area contributed by atoms with Crippen LogP contribution in [0, 0.1) is 19.3 Å². The lowest BCUT2D eigenvalue weighted by Crippen LogP contribution is -2.44. The van der Waals surface area contributed by atoms with Crippen LogP contribution in [0.1, 0.15) is 39.2 Å². The van der Waals surface area contributed by atoms with Crippen molar-refractivity contribution < 1.29 is 0 Å². The molecule has 1 rings (SSSR count). The highest BCUT2D eigenvalue weighted by Gasteiger charge is 2.24. The van der Waals surface area contributed by atoms with E-state index in [9.17, 15) is 0 Å². The number of nitrogens with zero attached hydrogens (tertiary/aromatic N) is 1. The molecule has 0 saturated carbocycles. The number of benzene rings is 1. The minimum atomic E-state index is -0.235. The molecule has 0 heterocycles. The zero-order chi connectivity index (χ0) is 12.9. The van der Waals surface area contributed by atoms with Crippen LogP contribution in [0.2, 0.25) is 0 Å². The van der Waals surface area contributed by atoms with Crippen LogP contribution in [0.4, 0.5) is 5.69 Å². The van der Waals surface area contributed by atoms with E-state index in [1.165, 1.54) is 24.1 Å². The van der Waals surface area contributed by atoms with E-state index in [1.807, 2.05) is 0 Å². The fourth-order valence-corrected chi connectivity index (χ4v) is 1.96. The van der Waals surface area contributed by atoms with Crippen LogP contribution in [0.25, 0.3) is 0 Å². The molecule has 0 radical (unpaired) electrons. The van der Waals surface area contributed by atoms with Crippen LogP contribution in [-0.2, 0) is 0 Å². The molecule has 17 heavy (non-hydrogen) atoms. The van der Waals surface area contributed by atoms with E-state index >= 15 is 0 Å². The molecule has 0 bridgehead atoms. The molecular weight excluding hydrogens is 206 g/mol. The van der Waals surface area contributed by atoms with Gasteiger partial charge >= 0.3 is 0 Å². The molecule has 0 saturated heterocycles. The van der Waals surface area contributed by atoms with Crippen molar-refractivity contribution in [2.75, 3.05) is 11.4 Å². The van der Waals surface area contributed by atoms with Crippen molar-refractivity contribution in [3.8, 4) is 12.3 Å². The Hall–Kier alpha value is -1.42. The number of hydrogen-bond donors (Lipinski definition) is 0. The highest BCUT2D eigenvalue weighted by Crippen LogP contribution is 2.27. The lowest BCUT2D eigenvalue weighted by atomic mass is 10.0. The molecule has 92 valence electrons. The van der Waals surface area contributed by atoms with Crippen LogP contribution < -0.4 is 4.90 Å². The summed E-state index contributed by atoms with van der Waals surface area (Å²) in [6, 6.07) is 8.44. The molecule has 1 heteroatoms. The Morgan fingerprint density at radius 1 is 1.29 bits per heavy atom. The lowest BCUT2D eigenvalue weighted by Gasteiger charge is -2.37. The predicted octanol–water partition coefficient (Wildman–Crippen LogP) is 4.01. The van der Waals surface area contributed by atoms with Gasteiger partial charge in [0.25, 0.3) is 0 Å². The van der Waals surface area contributed by atoms with Crippen molar-refractivity contribution in [2.45, 2.75) is 46.1 Å². The van der Waals surface area contributed by atoms with Crippen LogP contribution in [0.15, 0.2) is 24.3 Å². The van der Waals surface area contributed by atoms with Crippen molar-refractivity contribution in [1.29, 1.82) is 0 Å². The molecule has 1 nitrogen and oxygen atoms in total. The summed E-state index contributed by atoms with van der Waals surface area (Å²) in [5, 5.41) is 0. The van der Waals surface area contributed by atoms with Crippen molar-refractivity contribution in [2.24, 2.45) is 0 Å². The van der Waals surface area contributed by atoms with Gasteiger partial charge in [0.15, 0.2) is 0 Å². The molecule has 1 aromatic rings. The molecular formula is C16H23N. The molecule has 0 atom stereocenters. The largest absolute Gasteiger partial charge is 0.355 e. The monoisotopic (exact) mass is 229 g/mol. The van der Waals surface area contributed by atoms with Gasteiger partial charge < -0.3 is 4.90 Å². The smallest absolute Gasteiger partial charge is 0.0953 e. The van der Waals surface area contributed by atoms with Gasteiger partial charge in [-0.3, -0.25) is 0 Å². The second kappa shape index (κ2) is 5.77. The van der Waals surface area contributed by atoms with Crippen molar-refractivity contribution in [3.63, 3.8) is 0 Å². The summed E-state index contributed by atoms with van der Waals surface area (Å²) in [5.74, 6) is 2.90. The summed E-state index contributed by atoms with van der Waals surface area (Å²) in [7, 11) is 0. The minimum absolute atomic E-state index is 0.235. The van der Waals surface area contributed by atoms with E-state index in [0.29, 0.717) is 0 Å². The van der Waals surface area contributed by atoms with Gasteiger partial charge in [0, 0.05) is 12.2 Å². The van der Waals surface area contributed by atoms with Gasteiger partial charge in [0.05, 0.1) is 5.54 Å². The van der Waals surface area contributed by atoms with Gasteiger partial charge in [-0.05, 0) is 38.8 Å². The summed E-state index contributed by atoms with van der Waals surface area (Å²) < 4.78 is 0. The Bertz CT molecular complexity index is 398. The van der Waals surface area contributed by atoms with E-state index in [-0.39, 0.29) is 5.54 Å². The first-order chi connectivity index (χ1) is 8.03. The molecule has 0 amide bonds. The van der Waals surface area contributed by atoms with Gasteiger partial charge in [0.1, 0.15) is 0 Å². The summed E-state index contributed by atoms with van der Waals surface area (Å²) in [4.78, 5) is 2.34. The number of unbranched alkanes of at least 4 members (excludes halogenated alkanes) is 1. The van der Waals surface area contributed by atoms with Gasteiger partial charge in [0.2, 0.25) is 0 Å². The topological polar surface area (TPSA) is 3.24 Å². The van der Waals surface area contributed by atoms with E-state index in [2.05, 4.69) is 62.8 Å². The number of anilines is 1. The van der Waals surface area contributed by atoms with Crippen molar-refractivity contribution >= 4 is 5.69 Å². The average molecular weight is 229 g/mol. The Balaban J connectivity index is 3.07. The maximum atomic E-state index is 5.67. The molecule has 0 aliphatic rings. The number of terminal acetylenes is 1. The molecule has 0 aromatic heterocycles. The lowest BCUT2D eigenvalue weighted by molar-refractivity contribution is 0.560. The van der Waals surface area contributed by atoms with E-state index < -0.39 is 0 Å².